The lowest BCUT2D eigenvalue weighted by Crippen LogP contribution is -2.39. The molecule has 0 bridgehead atoms. The zero-order chi connectivity index (χ0) is 13.8. The molecule has 3 nitrogen and oxygen atoms in total. The first kappa shape index (κ1) is 22.0. The second-order valence-corrected chi connectivity index (χ2v) is 5.88. The molecule has 1 aromatic carbocycles. The molecule has 0 fully saturated rings. The van der Waals surface area contributed by atoms with Crippen molar-refractivity contribution in [1.29, 1.82) is 0 Å². The molecule has 1 aromatic rings. The first-order chi connectivity index (χ1) is 8.33. The number of hydrogen-bond donors (Lipinski definition) is 3. The molecule has 0 radical (unpaired) electrons. The van der Waals surface area contributed by atoms with Crippen molar-refractivity contribution in [2.24, 2.45) is 11.5 Å². The van der Waals surface area contributed by atoms with Crippen molar-refractivity contribution >= 4 is 24.8 Å². The maximum Gasteiger partial charge on any atom is 0.0703 e. The van der Waals surface area contributed by atoms with Gasteiger partial charge in [-0.25, -0.2) is 0 Å². The van der Waals surface area contributed by atoms with Crippen molar-refractivity contribution in [1.82, 2.24) is 0 Å². The normalized spacial score (nSPS) is 15.5. The largest absolute Gasteiger partial charge is 0.391 e. The number of aliphatic hydroxyl groups is 1. The lowest BCUT2D eigenvalue weighted by Gasteiger charge is -2.30. The zero-order valence-corrected chi connectivity index (χ0v) is 14.1. The Labute approximate surface area is 134 Å². The summed E-state index contributed by atoms with van der Waals surface area (Å²) in [4.78, 5) is 0. The minimum absolute atomic E-state index is 0. The van der Waals surface area contributed by atoms with Gasteiger partial charge in [0.2, 0.25) is 0 Å². The Bertz CT molecular complexity index is 358. The highest BCUT2D eigenvalue weighted by Crippen LogP contribution is 2.28. The summed E-state index contributed by atoms with van der Waals surface area (Å²) in [6.45, 7) is 6.17. The first-order valence-electron chi connectivity index (χ1n) is 6.57. The zero-order valence-electron chi connectivity index (χ0n) is 12.5. The van der Waals surface area contributed by atoms with E-state index in [4.69, 9.17) is 11.5 Å². The Morgan fingerprint density at radius 3 is 2.05 bits per heavy atom. The van der Waals surface area contributed by atoms with Gasteiger partial charge in [-0.2, -0.15) is 0 Å². The van der Waals surface area contributed by atoms with Gasteiger partial charge >= 0.3 is 0 Å². The van der Waals surface area contributed by atoms with Gasteiger partial charge in [-0.1, -0.05) is 44.2 Å². The molecule has 118 valence electrons. The Morgan fingerprint density at radius 1 is 1.10 bits per heavy atom. The Hall–Kier alpha value is -0.320. The van der Waals surface area contributed by atoms with E-state index in [1.54, 1.807) is 6.92 Å². The molecule has 0 aliphatic carbocycles. The van der Waals surface area contributed by atoms with E-state index in [0.717, 1.165) is 6.42 Å². The molecule has 0 unspecified atom stereocenters. The SMILES string of the molecule is C[C@H](N)[C@@H](O)C[C@@H](N)CC(C)(C)c1ccccc1.Cl.Cl. The fourth-order valence-electron chi connectivity index (χ4n) is 2.27. The third-order valence-corrected chi connectivity index (χ3v) is 3.48. The van der Waals surface area contributed by atoms with Gasteiger partial charge in [-0.15, -0.1) is 24.8 Å². The third-order valence-electron chi connectivity index (χ3n) is 3.48. The van der Waals surface area contributed by atoms with Gasteiger partial charge in [0.15, 0.2) is 0 Å². The van der Waals surface area contributed by atoms with Crippen LogP contribution in [0.3, 0.4) is 0 Å². The minimum atomic E-state index is -0.522. The van der Waals surface area contributed by atoms with E-state index in [0.29, 0.717) is 6.42 Å². The highest BCUT2D eigenvalue weighted by molar-refractivity contribution is 5.85. The number of aliphatic hydroxyl groups excluding tert-OH is 1. The molecule has 0 aromatic heterocycles. The highest BCUT2D eigenvalue weighted by atomic mass is 35.5. The van der Waals surface area contributed by atoms with Gasteiger partial charge in [0, 0.05) is 12.1 Å². The van der Waals surface area contributed by atoms with E-state index >= 15 is 0 Å². The van der Waals surface area contributed by atoms with E-state index in [-0.39, 0.29) is 42.3 Å². The highest BCUT2D eigenvalue weighted by Gasteiger charge is 2.25. The maximum atomic E-state index is 9.76. The van der Waals surface area contributed by atoms with Crippen LogP contribution in [0.25, 0.3) is 0 Å². The topological polar surface area (TPSA) is 72.3 Å². The van der Waals surface area contributed by atoms with Crippen LogP contribution in [0.5, 0.6) is 0 Å². The van der Waals surface area contributed by atoms with E-state index in [2.05, 4.69) is 26.0 Å². The second-order valence-electron chi connectivity index (χ2n) is 5.88. The predicted molar refractivity (Wildman–Crippen MR) is 90.8 cm³/mol. The predicted octanol–water partition coefficient (Wildman–Crippen LogP) is 2.62. The van der Waals surface area contributed by atoms with Crippen LogP contribution in [0.15, 0.2) is 30.3 Å². The van der Waals surface area contributed by atoms with Gasteiger partial charge in [0.25, 0.3) is 0 Å². The molecule has 0 spiro atoms. The summed E-state index contributed by atoms with van der Waals surface area (Å²) in [6, 6.07) is 10.1. The summed E-state index contributed by atoms with van der Waals surface area (Å²) in [5.74, 6) is 0. The van der Waals surface area contributed by atoms with Gasteiger partial charge in [-0.05, 0) is 30.7 Å². The van der Waals surface area contributed by atoms with Gasteiger partial charge in [0.1, 0.15) is 0 Å². The van der Waals surface area contributed by atoms with Crippen molar-refractivity contribution in [3.63, 3.8) is 0 Å². The van der Waals surface area contributed by atoms with Crippen LogP contribution in [0.4, 0.5) is 0 Å². The second kappa shape index (κ2) is 9.59. The number of nitrogens with two attached hydrogens (primary N) is 2. The van der Waals surface area contributed by atoms with Crippen molar-refractivity contribution in [2.45, 2.75) is 57.2 Å². The van der Waals surface area contributed by atoms with E-state index in [1.807, 2.05) is 18.2 Å². The molecule has 20 heavy (non-hydrogen) atoms. The van der Waals surface area contributed by atoms with Gasteiger partial charge in [0.05, 0.1) is 6.10 Å². The smallest absolute Gasteiger partial charge is 0.0703 e. The summed E-state index contributed by atoms with van der Waals surface area (Å²) in [6.07, 6.45) is 0.862. The summed E-state index contributed by atoms with van der Waals surface area (Å²) in [7, 11) is 0. The van der Waals surface area contributed by atoms with Crippen LogP contribution < -0.4 is 11.5 Å². The summed E-state index contributed by atoms with van der Waals surface area (Å²) in [5, 5.41) is 9.76. The number of hydrogen-bond acceptors (Lipinski definition) is 3. The molecule has 0 saturated heterocycles. The number of benzene rings is 1. The fraction of sp³-hybridized carbons (Fsp3) is 0.600. The first-order valence-corrected chi connectivity index (χ1v) is 6.57. The molecule has 0 amide bonds. The number of rotatable bonds is 6. The van der Waals surface area contributed by atoms with Crippen molar-refractivity contribution in [3.8, 4) is 0 Å². The van der Waals surface area contributed by atoms with Gasteiger partial charge in [-0.3, -0.25) is 0 Å². The Balaban J connectivity index is 0. The molecular weight excluding hydrogens is 295 g/mol. The van der Waals surface area contributed by atoms with Crippen molar-refractivity contribution in [2.75, 3.05) is 0 Å². The number of halogens is 2. The molecular formula is C15H28Cl2N2O. The van der Waals surface area contributed by atoms with Crippen molar-refractivity contribution in [3.05, 3.63) is 35.9 Å². The minimum Gasteiger partial charge on any atom is -0.391 e. The van der Waals surface area contributed by atoms with Crippen molar-refractivity contribution < 1.29 is 5.11 Å². The Morgan fingerprint density at radius 2 is 1.60 bits per heavy atom. The monoisotopic (exact) mass is 322 g/mol. The molecule has 3 atom stereocenters. The molecule has 0 saturated carbocycles. The molecule has 0 aliphatic rings. The van der Waals surface area contributed by atoms with E-state index in [9.17, 15) is 5.11 Å². The van der Waals surface area contributed by atoms with Crippen LogP contribution >= 0.6 is 24.8 Å². The summed E-state index contributed by atoms with van der Waals surface area (Å²) >= 11 is 0. The van der Waals surface area contributed by atoms with E-state index < -0.39 is 6.10 Å². The van der Waals surface area contributed by atoms with E-state index in [1.165, 1.54) is 5.56 Å². The molecule has 0 aliphatic heterocycles. The molecule has 1 rings (SSSR count). The summed E-state index contributed by atoms with van der Waals surface area (Å²) < 4.78 is 0. The molecule has 5 heteroatoms. The summed E-state index contributed by atoms with van der Waals surface area (Å²) in [5.41, 5.74) is 13.1. The average Bonchev–Trinajstić information content (AvgIpc) is 2.29. The Kier molecular flexibility index (Phi) is 10.5. The maximum absolute atomic E-state index is 9.76. The third kappa shape index (κ3) is 6.91. The van der Waals surface area contributed by atoms with Crippen LogP contribution in [0.2, 0.25) is 0 Å². The molecule has 5 N–H and O–H groups in total. The van der Waals surface area contributed by atoms with Crippen LogP contribution in [0, 0.1) is 0 Å². The van der Waals surface area contributed by atoms with Crippen LogP contribution in [-0.2, 0) is 5.41 Å². The van der Waals surface area contributed by atoms with Crippen LogP contribution in [-0.4, -0.2) is 23.3 Å². The van der Waals surface area contributed by atoms with Crippen LogP contribution in [0.1, 0.15) is 39.2 Å². The molecule has 0 heterocycles. The quantitative estimate of drug-likeness (QED) is 0.753. The van der Waals surface area contributed by atoms with Gasteiger partial charge < -0.3 is 16.6 Å². The lowest BCUT2D eigenvalue weighted by molar-refractivity contribution is 0.128. The average molecular weight is 323 g/mol. The fourth-order valence-corrected chi connectivity index (χ4v) is 2.27. The lowest BCUT2D eigenvalue weighted by atomic mass is 9.78. The standard InChI is InChI=1S/C15H26N2O.2ClH/c1-11(16)14(18)9-13(17)10-15(2,3)12-7-5-4-6-8-12;;/h4-8,11,13-14,18H,9-10,16-17H2,1-3H3;2*1H/t11-,13+,14-;;/m0../s1.